The Bertz CT molecular complexity index is 73.7. The zero-order valence-corrected chi connectivity index (χ0v) is 9.39. The first kappa shape index (κ1) is 10.7. The Balaban J connectivity index is 3.12. The van der Waals surface area contributed by atoms with Crippen molar-refractivity contribution in [1.29, 1.82) is 0 Å². The maximum atomic E-state index is 2.45. The highest BCUT2D eigenvalue weighted by atomic mass is 127. The van der Waals surface area contributed by atoms with Crippen LogP contribution < -0.4 is 0 Å². The molecule has 0 aromatic heterocycles. The van der Waals surface area contributed by atoms with Crippen LogP contribution in [0, 0.1) is 5.92 Å². The van der Waals surface area contributed by atoms with Crippen molar-refractivity contribution in [1.82, 2.24) is 4.90 Å². The van der Waals surface area contributed by atoms with E-state index >= 15 is 0 Å². The number of nitrogens with zero attached hydrogens (tertiary/aromatic N) is 1. The van der Waals surface area contributed by atoms with Crippen LogP contribution >= 0.6 is 22.6 Å². The Morgan fingerprint density at radius 2 is 1.90 bits per heavy atom. The van der Waals surface area contributed by atoms with E-state index in [0.29, 0.717) is 0 Å². The largest absolute Gasteiger partial charge is 0.309 e. The van der Waals surface area contributed by atoms with Gasteiger partial charge in [-0.3, -0.25) is 0 Å². The van der Waals surface area contributed by atoms with E-state index in [1.807, 2.05) is 0 Å². The highest BCUT2D eigenvalue weighted by Gasteiger charge is 2.00. The normalized spacial score (nSPS) is 14.1. The third-order valence-electron chi connectivity index (χ3n) is 1.67. The molecule has 1 unspecified atom stereocenters. The second kappa shape index (κ2) is 6.40. The van der Waals surface area contributed by atoms with Crippen molar-refractivity contribution in [2.75, 3.05) is 25.1 Å². The molecular weight excluding hydrogens is 237 g/mol. The quantitative estimate of drug-likeness (QED) is 0.538. The summed E-state index contributed by atoms with van der Waals surface area (Å²) in [5.41, 5.74) is 0. The van der Waals surface area contributed by atoms with E-state index in [2.05, 4.69) is 48.5 Å². The lowest BCUT2D eigenvalue weighted by atomic mass is 10.1. The van der Waals surface area contributed by atoms with E-state index in [9.17, 15) is 0 Å². The SMILES string of the molecule is CC(CCI)CCN(C)C. The van der Waals surface area contributed by atoms with Gasteiger partial charge in [-0.25, -0.2) is 0 Å². The fourth-order valence-corrected chi connectivity index (χ4v) is 1.87. The monoisotopic (exact) mass is 255 g/mol. The molecule has 0 bridgehead atoms. The van der Waals surface area contributed by atoms with E-state index in [4.69, 9.17) is 0 Å². The molecule has 0 saturated carbocycles. The summed E-state index contributed by atoms with van der Waals surface area (Å²) in [6.07, 6.45) is 2.71. The maximum Gasteiger partial charge on any atom is -0.000218 e. The third kappa shape index (κ3) is 6.81. The summed E-state index contributed by atoms with van der Waals surface area (Å²) in [6, 6.07) is 0. The van der Waals surface area contributed by atoms with Crippen LogP contribution in [-0.4, -0.2) is 30.0 Å². The molecule has 2 heteroatoms. The van der Waals surface area contributed by atoms with Crippen LogP contribution in [0.4, 0.5) is 0 Å². The molecule has 0 aliphatic rings. The molecule has 0 aromatic carbocycles. The van der Waals surface area contributed by atoms with Gasteiger partial charge < -0.3 is 4.90 Å². The van der Waals surface area contributed by atoms with Gasteiger partial charge in [0.15, 0.2) is 0 Å². The number of rotatable bonds is 5. The molecule has 0 heterocycles. The molecule has 0 aliphatic carbocycles. The minimum atomic E-state index is 0.902. The van der Waals surface area contributed by atoms with Gasteiger partial charge in [-0.2, -0.15) is 0 Å². The number of hydrogen-bond acceptors (Lipinski definition) is 1. The minimum Gasteiger partial charge on any atom is -0.309 e. The number of alkyl halides is 1. The molecule has 0 radical (unpaired) electrons. The van der Waals surface area contributed by atoms with Crippen molar-refractivity contribution in [3.8, 4) is 0 Å². The molecule has 62 valence electrons. The summed E-state index contributed by atoms with van der Waals surface area (Å²) < 4.78 is 1.30. The van der Waals surface area contributed by atoms with Gasteiger partial charge in [-0.15, -0.1) is 0 Å². The van der Waals surface area contributed by atoms with Crippen molar-refractivity contribution in [3.63, 3.8) is 0 Å². The molecule has 0 saturated heterocycles. The van der Waals surface area contributed by atoms with Crippen LogP contribution in [0.2, 0.25) is 0 Å². The fourth-order valence-electron chi connectivity index (χ4n) is 0.809. The first-order valence-corrected chi connectivity index (χ1v) is 5.40. The molecule has 0 fully saturated rings. The van der Waals surface area contributed by atoms with Gasteiger partial charge in [0.05, 0.1) is 0 Å². The van der Waals surface area contributed by atoms with Crippen LogP contribution in [0.25, 0.3) is 0 Å². The lowest BCUT2D eigenvalue weighted by molar-refractivity contribution is 0.358. The molecule has 0 amide bonds. The standard InChI is InChI=1S/C8H18IN/c1-8(4-6-9)5-7-10(2)3/h8H,4-7H2,1-3H3. The minimum absolute atomic E-state index is 0.902. The third-order valence-corrected chi connectivity index (χ3v) is 2.29. The van der Waals surface area contributed by atoms with Crippen molar-refractivity contribution in [2.24, 2.45) is 5.92 Å². The first-order chi connectivity index (χ1) is 4.66. The number of halogens is 1. The number of hydrogen-bond donors (Lipinski definition) is 0. The second-order valence-corrected chi connectivity index (χ2v) is 4.25. The molecule has 0 aromatic rings. The molecule has 0 aliphatic heterocycles. The van der Waals surface area contributed by atoms with Gasteiger partial charge in [0, 0.05) is 0 Å². The molecular formula is C8H18IN. The van der Waals surface area contributed by atoms with Gasteiger partial charge >= 0.3 is 0 Å². The lowest BCUT2D eigenvalue weighted by Crippen LogP contribution is -2.15. The highest BCUT2D eigenvalue weighted by Crippen LogP contribution is 2.08. The average Bonchev–Trinajstić information content (AvgIpc) is 1.85. The van der Waals surface area contributed by atoms with E-state index < -0.39 is 0 Å². The smallest absolute Gasteiger partial charge is 0.000218 e. The Labute approximate surface area is 78.3 Å². The summed E-state index contributed by atoms with van der Waals surface area (Å²) in [7, 11) is 4.27. The van der Waals surface area contributed by atoms with E-state index in [-0.39, 0.29) is 0 Å². The van der Waals surface area contributed by atoms with Crippen molar-refractivity contribution >= 4 is 22.6 Å². The van der Waals surface area contributed by atoms with E-state index in [0.717, 1.165) is 5.92 Å². The molecule has 0 rings (SSSR count). The second-order valence-electron chi connectivity index (χ2n) is 3.17. The van der Waals surface area contributed by atoms with Gasteiger partial charge in [0.25, 0.3) is 0 Å². The van der Waals surface area contributed by atoms with E-state index in [1.54, 1.807) is 0 Å². The predicted molar refractivity (Wildman–Crippen MR) is 55.8 cm³/mol. The maximum absolute atomic E-state index is 2.45. The molecule has 0 spiro atoms. The van der Waals surface area contributed by atoms with Crippen LogP contribution in [0.15, 0.2) is 0 Å². The Hall–Kier alpha value is 0.690. The Morgan fingerprint density at radius 1 is 1.30 bits per heavy atom. The molecule has 1 atom stereocenters. The summed E-state index contributed by atoms with van der Waals surface area (Å²) in [4.78, 5) is 2.25. The van der Waals surface area contributed by atoms with Crippen molar-refractivity contribution < 1.29 is 0 Å². The van der Waals surface area contributed by atoms with Gasteiger partial charge in [-0.1, -0.05) is 29.5 Å². The molecule has 10 heavy (non-hydrogen) atoms. The Morgan fingerprint density at radius 3 is 2.30 bits per heavy atom. The Kier molecular flexibility index (Phi) is 6.85. The van der Waals surface area contributed by atoms with Crippen LogP contribution in [-0.2, 0) is 0 Å². The predicted octanol–water partition coefficient (Wildman–Crippen LogP) is 2.40. The van der Waals surface area contributed by atoms with Gasteiger partial charge in [0.2, 0.25) is 0 Å². The van der Waals surface area contributed by atoms with E-state index in [1.165, 1.54) is 23.8 Å². The summed E-state index contributed by atoms with van der Waals surface area (Å²) in [5.74, 6) is 0.902. The highest BCUT2D eigenvalue weighted by molar-refractivity contribution is 14.1. The zero-order valence-electron chi connectivity index (χ0n) is 7.23. The summed E-state index contributed by atoms with van der Waals surface area (Å²) in [5, 5.41) is 0. The molecule has 0 N–H and O–H groups in total. The molecule has 1 nitrogen and oxygen atoms in total. The summed E-state index contributed by atoms with van der Waals surface area (Å²) >= 11 is 2.45. The topological polar surface area (TPSA) is 3.24 Å². The van der Waals surface area contributed by atoms with Crippen LogP contribution in [0.1, 0.15) is 19.8 Å². The zero-order chi connectivity index (χ0) is 7.98. The van der Waals surface area contributed by atoms with Crippen molar-refractivity contribution in [2.45, 2.75) is 19.8 Å². The summed E-state index contributed by atoms with van der Waals surface area (Å²) in [6.45, 7) is 3.57. The first-order valence-electron chi connectivity index (χ1n) is 3.87. The lowest BCUT2D eigenvalue weighted by Gasteiger charge is -2.13. The van der Waals surface area contributed by atoms with Gasteiger partial charge in [0.1, 0.15) is 0 Å². The average molecular weight is 255 g/mol. The van der Waals surface area contributed by atoms with Gasteiger partial charge in [-0.05, 0) is 43.8 Å². The van der Waals surface area contributed by atoms with Crippen molar-refractivity contribution in [3.05, 3.63) is 0 Å². The fraction of sp³-hybridized carbons (Fsp3) is 1.00. The van der Waals surface area contributed by atoms with Crippen LogP contribution in [0.5, 0.6) is 0 Å². The van der Waals surface area contributed by atoms with Crippen LogP contribution in [0.3, 0.4) is 0 Å².